The van der Waals surface area contributed by atoms with E-state index in [-0.39, 0.29) is 25.3 Å². The van der Waals surface area contributed by atoms with Crippen LogP contribution in [0.5, 0.6) is 0 Å². The third kappa shape index (κ3) is 5.63. The van der Waals surface area contributed by atoms with Gasteiger partial charge in [0.2, 0.25) is 0 Å². The number of amides is 2. The van der Waals surface area contributed by atoms with Gasteiger partial charge >= 0.3 is 5.97 Å². The molecule has 1 heterocycles. The fraction of sp³-hybridized carbons (Fsp3) is 0.304. The molecule has 2 aromatic rings. The second-order valence-corrected chi connectivity index (χ2v) is 7.38. The highest BCUT2D eigenvalue weighted by molar-refractivity contribution is 6.38. The molecule has 3 rings (SSSR count). The van der Waals surface area contributed by atoms with E-state index in [2.05, 4.69) is 21.3 Å². The van der Waals surface area contributed by atoms with Crippen molar-refractivity contribution < 1.29 is 19.1 Å². The third-order valence-electron chi connectivity index (χ3n) is 4.89. The molecule has 3 N–H and O–H groups in total. The van der Waals surface area contributed by atoms with E-state index in [1.165, 1.54) is 5.01 Å². The van der Waals surface area contributed by atoms with E-state index in [9.17, 15) is 14.4 Å². The predicted octanol–water partition coefficient (Wildman–Crippen LogP) is 2.06. The van der Waals surface area contributed by atoms with Gasteiger partial charge in [0.05, 0.1) is 18.8 Å². The van der Waals surface area contributed by atoms with Crippen LogP contribution in [0.1, 0.15) is 24.5 Å². The Kier molecular flexibility index (Phi) is 7.43. The van der Waals surface area contributed by atoms with Gasteiger partial charge in [0.1, 0.15) is 11.8 Å². The molecule has 2 amide bonds. The summed E-state index contributed by atoms with van der Waals surface area (Å²) in [6.45, 7) is 5.85. The molecule has 0 bridgehead atoms. The highest BCUT2D eigenvalue weighted by Crippen LogP contribution is 2.25. The topological polar surface area (TPSA) is 112 Å². The number of hydrazine groups is 1. The number of hydrazone groups is 1. The molecule has 2 aromatic carbocycles. The van der Waals surface area contributed by atoms with E-state index in [0.29, 0.717) is 5.69 Å². The Balaban J connectivity index is 1.60. The van der Waals surface area contributed by atoms with Gasteiger partial charge in [-0.1, -0.05) is 35.9 Å². The Labute approximate surface area is 186 Å². The summed E-state index contributed by atoms with van der Waals surface area (Å²) in [5.74, 6) is -1.46. The summed E-state index contributed by atoms with van der Waals surface area (Å²) in [4.78, 5) is 37.2. The lowest BCUT2D eigenvalue weighted by molar-refractivity contribution is -0.135. The van der Waals surface area contributed by atoms with Crippen LogP contribution in [0.2, 0.25) is 0 Å². The average Bonchev–Trinajstić information content (AvgIpc) is 3.23. The van der Waals surface area contributed by atoms with E-state index in [1.807, 2.05) is 50.2 Å². The Morgan fingerprint density at radius 2 is 1.84 bits per heavy atom. The molecule has 0 radical (unpaired) electrons. The van der Waals surface area contributed by atoms with Crippen molar-refractivity contribution in [1.29, 1.82) is 0 Å². The first kappa shape index (κ1) is 22.8. The van der Waals surface area contributed by atoms with Crippen molar-refractivity contribution in [2.24, 2.45) is 5.10 Å². The van der Waals surface area contributed by atoms with Gasteiger partial charge in [-0.2, -0.15) is 5.10 Å². The summed E-state index contributed by atoms with van der Waals surface area (Å²) in [5, 5.41) is 8.80. The second-order valence-electron chi connectivity index (χ2n) is 7.38. The number of hydrogen-bond acceptors (Lipinski definition) is 7. The zero-order valence-electron chi connectivity index (χ0n) is 18.3. The van der Waals surface area contributed by atoms with E-state index >= 15 is 0 Å². The summed E-state index contributed by atoms with van der Waals surface area (Å²) in [6, 6.07) is 14.1. The summed E-state index contributed by atoms with van der Waals surface area (Å²) in [6.07, 6.45) is 0.0657. The number of para-hydroxylation sites is 1. The number of nitrogens with one attached hydrogen (secondary N) is 3. The predicted molar refractivity (Wildman–Crippen MR) is 122 cm³/mol. The molecular formula is C23H27N5O4. The fourth-order valence-corrected chi connectivity index (χ4v) is 3.32. The molecule has 9 nitrogen and oxygen atoms in total. The van der Waals surface area contributed by atoms with E-state index in [1.54, 1.807) is 19.1 Å². The highest BCUT2D eigenvalue weighted by Gasteiger charge is 2.37. The molecule has 0 saturated carbocycles. The van der Waals surface area contributed by atoms with Crippen LogP contribution in [0.15, 0.2) is 53.6 Å². The fourth-order valence-electron chi connectivity index (χ4n) is 3.32. The van der Waals surface area contributed by atoms with Crippen molar-refractivity contribution in [2.75, 3.05) is 23.5 Å². The van der Waals surface area contributed by atoms with Crippen LogP contribution >= 0.6 is 0 Å². The third-order valence-corrected chi connectivity index (χ3v) is 4.89. The number of aryl methyl sites for hydroxylation is 2. The molecule has 9 heteroatoms. The number of esters is 1. The Bertz CT molecular complexity index is 1020. The summed E-state index contributed by atoms with van der Waals surface area (Å²) < 4.78 is 5.02. The quantitative estimate of drug-likeness (QED) is 0.452. The molecule has 168 valence electrons. The minimum Gasteiger partial charge on any atom is -0.461 e. The minimum absolute atomic E-state index is 0.0121. The molecule has 0 aliphatic carbocycles. The van der Waals surface area contributed by atoms with Gasteiger partial charge in [-0.15, -0.1) is 0 Å². The lowest BCUT2D eigenvalue weighted by atomic mass is 10.1. The van der Waals surface area contributed by atoms with Crippen LogP contribution in [0.25, 0.3) is 0 Å². The molecule has 32 heavy (non-hydrogen) atoms. The Morgan fingerprint density at radius 3 is 2.53 bits per heavy atom. The van der Waals surface area contributed by atoms with Crippen LogP contribution in [0.3, 0.4) is 0 Å². The number of benzene rings is 2. The average molecular weight is 438 g/mol. The van der Waals surface area contributed by atoms with Crippen LogP contribution in [-0.4, -0.2) is 42.7 Å². The standard InChI is InChI=1S/C23H27N5O4/c1-4-32-23(31)19-13-20(28(27-19)17-8-6-5-7-9-17)22(30)26-25-21(29)14-24-18-11-10-15(2)12-16(18)3/h5-12,20,24H,4,13-14H2,1-3H3,(H,25,29)(H,26,30). The van der Waals surface area contributed by atoms with Crippen molar-refractivity contribution in [3.63, 3.8) is 0 Å². The van der Waals surface area contributed by atoms with Gasteiger partial charge in [-0.25, -0.2) is 4.79 Å². The lowest BCUT2D eigenvalue weighted by Gasteiger charge is -2.22. The van der Waals surface area contributed by atoms with E-state index < -0.39 is 23.8 Å². The first-order valence-corrected chi connectivity index (χ1v) is 10.4. The van der Waals surface area contributed by atoms with Crippen molar-refractivity contribution >= 4 is 34.9 Å². The normalized spacial score (nSPS) is 15.0. The van der Waals surface area contributed by atoms with E-state index in [0.717, 1.165) is 16.8 Å². The van der Waals surface area contributed by atoms with Crippen molar-refractivity contribution in [3.8, 4) is 0 Å². The molecule has 0 saturated heterocycles. The molecule has 1 aliphatic heterocycles. The molecule has 1 aliphatic rings. The molecule has 0 spiro atoms. The van der Waals surface area contributed by atoms with Crippen LogP contribution in [0, 0.1) is 13.8 Å². The second kappa shape index (κ2) is 10.4. The first-order valence-electron chi connectivity index (χ1n) is 10.4. The minimum atomic E-state index is -0.801. The van der Waals surface area contributed by atoms with Gasteiger partial charge in [-0.05, 0) is 44.5 Å². The van der Waals surface area contributed by atoms with Crippen LogP contribution in [0.4, 0.5) is 11.4 Å². The monoisotopic (exact) mass is 437 g/mol. The Hall–Kier alpha value is -3.88. The largest absolute Gasteiger partial charge is 0.461 e. The number of carbonyl (C=O) groups excluding carboxylic acids is 3. The maximum atomic E-state index is 12.8. The maximum absolute atomic E-state index is 12.8. The highest BCUT2D eigenvalue weighted by atomic mass is 16.5. The zero-order valence-corrected chi connectivity index (χ0v) is 18.3. The van der Waals surface area contributed by atoms with Gasteiger partial charge in [0.25, 0.3) is 11.8 Å². The van der Waals surface area contributed by atoms with E-state index in [4.69, 9.17) is 4.74 Å². The molecule has 0 fully saturated rings. The number of anilines is 2. The van der Waals surface area contributed by atoms with Gasteiger partial charge in [-0.3, -0.25) is 25.4 Å². The molecule has 0 aromatic heterocycles. The summed E-state index contributed by atoms with van der Waals surface area (Å²) in [7, 11) is 0. The number of carbonyl (C=O) groups is 3. The molecular weight excluding hydrogens is 410 g/mol. The van der Waals surface area contributed by atoms with Crippen molar-refractivity contribution in [2.45, 2.75) is 33.2 Å². The number of ether oxygens (including phenoxy) is 1. The summed E-state index contributed by atoms with van der Waals surface area (Å²) in [5.41, 5.74) is 8.64. The first-order chi connectivity index (χ1) is 15.4. The SMILES string of the molecule is CCOC(=O)C1=NN(c2ccccc2)C(C(=O)NNC(=O)CNc2ccc(C)cc2C)C1. The van der Waals surface area contributed by atoms with Crippen molar-refractivity contribution in [3.05, 3.63) is 59.7 Å². The van der Waals surface area contributed by atoms with Gasteiger partial charge in [0, 0.05) is 12.1 Å². The van der Waals surface area contributed by atoms with Gasteiger partial charge in [0.15, 0.2) is 0 Å². The van der Waals surface area contributed by atoms with Crippen LogP contribution in [-0.2, 0) is 19.1 Å². The van der Waals surface area contributed by atoms with Crippen LogP contribution < -0.4 is 21.2 Å². The number of rotatable bonds is 7. The molecule has 1 atom stereocenters. The summed E-state index contributed by atoms with van der Waals surface area (Å²) >= 11 is 0. The Morgan fingerprint density at radius 1 is 1.09 bits per heavy atom. The lowest BCUT2D eigenvalue weighted by Crippen LogP contribution is -2.51. The number of nitrogens with zero attached hydrogens (tertiary/aromatic N) is 2. The smallest absolute Gasteiger partial charge is 0.354 e. The zero-order chi connectivity index (χ0) is 23.1. The number of hydrogen-bond donors (Lipinski definition) is 3. The maximum Gasteiger partial charge on any atom is 0.354 e. The van der Waals surface area contributed by atoms with Gasteiger partial charge < -0.3 is 10.1 Å². The molecule has 1 unspecified atom stereocenters. The van der Waals surface area contributed by atoms with Crippen molar-refractivity contribution in [1.82, 2.24) is 10.9 Å².